The first-order valence-electron chi connectivity index (χ1n) is 7.50. The second-order valence-corrected chi connectivity index (χ2v) is 6.04. The highest BCUT2D eigenvalue weighted by molar-refractivity contribution is 6.30. The third kappa shape index (κ3) is 3.99. The second kappa shape index (κ2) is 6.96. The maximum Gasteiger partial charge on any atom is 0.224 e. The summed E-state index contributed by atoms with van der Waals surface area (Å²) in [6.45, 7) is 1.44. The van der Waals surface area contributed by atoms with Crippen LogP contribution in [0.15, 0.2) is 42.7 Å². The topological polar surface area (TPSA) is 45.2 Å². The summed E-state index contributed by atoms with van der Waals surface area (Å²) in [4.78, 5) is 18.1. The van der Waals surface area contributed by atoms with Crippen LogP contribution in [0.2, 0.25) is 5.02 Å². The van der Waals surface area contributed by atoms with Gasteiger partial charge < -0.3 is 10.2 Å². The van der Waals surface area contributed by atoms with Gasteiger partial charge in [0.25, 0.3) is 0 Å². The monoisotopic (exact) mass is 333 g/mol. The molecule has 6 heteroatoms. The summed E-state index contributed by atoms with van der Waals surface area (Å²) in [5, 5.41) is 3.14. The van der Waals surface area contributed by atoms with Crippen LogP contribution >= 0.6 is 11.6 Å². The molecule has 0 spiro atoms. The van der Waals surface area contributed by atoms with Gasteiger partial charge in [0.2, 0.25) is 5.91 Å². The maximum absolute atomic E-state index is 13.5. The quantitative estimate of drug-likeness (QED) is 0.935. The number of carbonyl (C=O) groups excluding carboxylic acids is 1. The van der Waals surface area contributed by atoms with Gasteiger partial charge in [-0.1, -0.05) is 17.7 Å². The van der Waals surface area contributed by atoms with Crippen molar-refractivity contribution >= 4 is 23.2 Å². The van der Waals surface area contributed by atoms with Crippen molar-refractivity contribution in [1.82, 2.24) is 10.3 Å². The van der Waals surface area contributed by atoms with E-state index in [1.165, 1.54) is 6.07 Å². The highest BCUT2D eigenvalue weighted by Crippen LogP contribution is 2.25. The average Bonchev–Trinajstić information content (AvgIpc) is 2.99. The van der Waals surface area contributed by atoms with Gasteiger partial charge in [0.05, 0.1) is 11.4 Å². The minimum Gasteiger partial charge on any atom is -0.369 e. The van der Waals surface area contributed by atoms with Crippen LogP contribution in [0.3, 0.4) is 0 Å². The van der Waals surface area contributed by atoms with E-state index >= 15 is 0 Å². The van der Waals surface area contributed by atoms with Crippen molar-refractivity contribution in [3.05, 3.63) is 59.1 Å². The summed E-state index contributed by atoms with van der Waals surface area (Å²) < 4.78 is 13.5. The number of hydrogen-bond donors (Lipinski definition) is 1. The van der Waals surface area contributed by atoms with Crippen LogP contribution in [0.4, 0.5) is 10.1 Å². The molecule has 1 atom stereocenters. The molecule has 1 aliphatic rings. The van der Waals surface area contributed by atoms with E-state index in [-0.39, 0.29) is 17.0 Å². The highest BCUT2D eigenvalue weighted by Gasteiger charge is 2.24. The number of hydrogen-bond acceptors (Lipinski definition) is 3. The molecule has 0 bridgehead atoms. The van der Waals surface area contributed by atoms with Gasteiger partial charge in [0.15, 0.2) is 0 Å². The first-order valence-corrected chi connectivity index (χ1v) is 7.88. The largest absolute Gasteiger partial charge is 0.369 e. The fourth-order valence-corrected chi connectivity index (χ4v) is 2.88. The number of benzene rings is 1. The number of aromatic nitrogens is 1. The molecule has 4 nitrogen and oxygen atoms in total. The molecular weight excluding hydrogens is 317 g/mol. The van der Waals surface area contributed by atoms with Gasteiger partial charge in [-0.05, 0) is 36.2 Å². The zero-order chi connectivity index (χ0) is 16.2. The van der Waals surface area contributed by atoms with Crippen molar-refractivity contribution in [2.75, 3.05) is 18.0 Å². The van der Waals surface area contributed by atoms with E-state index < -0.39 is 5.82 Å². The van der Waals surface area contributed by atoms with Crippen molar-refractivity contribution < 1.29 is 9.18 Å². The van der Waals surface area contributed by atoms with Crippen LogP contribution in [-0.4, -0.2) is 30.0 Å². The summed E-state index contributed by atoms with van der Waals surface area (Å²) in [5.74, 6) is -0.444. The number of amides is 1. The zero-order valence-electron chi connectivity index (χ0n) is 12.5. The van der Waals surface area contributed by atoms with Gasteiger partial charge in [0.1, 0.15) is 5.82 Å². The van der Waals surface area contributed by atoms with Crippen LogP contribution < -0.4 is 10.2 Å². The fraction of sp³-hybridized carbons (Fsp3) is 0.294. The summed E-state index contributed by atoms with van der Waals surface area (Å²) in [5.41, 5.74) is 1.68. The van der Waals surface area contributed by atoms with E-state index in [4.69, 9.17) is 11.6 Å². The maximum atomic E-state index is 13.5. The van der Waals surface area contributed by atoms with Gasteiger partial charge in [-0.25, -0.2) is 4.39 Å². The number of halogens is 2. The van der Waals surface area contributed by atoms with Crippen molar-refractivity contribution in [2.45, 2.75) is 18.9 Å². The van der Waals surface area contributed by atoms with Gasteiger partial charge in [-0.3, -0.25) is 9.78 Å². The minimum absolute atomic E-state index is 0.0212. The summed E-state index contributed by atoms with van der Waals surface area (Å²) in [6.07, 6.45) is 4.53. The zero-order valence-corrected chi connectivity index (χ0v) is 13.3. The van der Waals surface area contributed by atoms with E-state index in [0.29, 0.717) is 13.0 Å². The molecule has 0 unspecified atom stereocenters. The molecule has 1 aromatic carbocycles. The molecule has 1 aromatic heterocycles. The highest BCUT2D eigenvalue weighted by atomic mass is 35.5. The standard InChI is InChI=1S/C17H17ClFN3O/c18-15-4-3-14(9-16(15)19)22-7-5-13(11-22)21-17(23)8-12-2-1-6-20-10-12/h1-4,6,9-10,13H,5,7-8,11H2,(H,21,23)/t13-/m1/s1. The molecule has 1 fully saturated rings. The smallest absolute Gasteiger partial charge is 0.224 e. The molecule has 0 aliphatic carbocycles. The van der Waals surface area contributed by atoms with Crippen molar-refractivity contribution in [1.29, 1.82) is 0 Å². The molecule has 120 valence electrons. The first kappa shape index (κ1) is 15.7. The van der Waals surface area contributed by atoms with E-state index in [1.54, 1.807) is 24.5 Å². The third-order valence-corrected chi connectivity index (χ3v) is 4.22. The van der Waals surface area contributed by atoms with Gasteiger partial charge >= 0.3 is 0 Å². The Labute approximate surface area is 139 Å². The van der Waals surface area contributed by atoms with Crippen molar-refractivity contribution in [3.63, 3.8) is 0 Å². The number of nitrogens with one attached hydrogen (secondary N) is 1. The molecule has 2 aromatic rings. The van der Waals surface area contributed by atoms with E-state index in [9.17, 15) is 9.18 Å². The number of nitrogens with zero attached hydrogens (tertiary/aromatic N) is 2. The van der Waals surface area contributed by atoms with Crippen LogP contribution in [0.5, 0.6) is 0 Å². The molecule has 0 radical (unpaired) electrons. The number of rotatable bonds is 4. The minimum atomic E-state index is -0.423. The Morgan fingerprint density at radius 2 is 2.30 bits per heavy atom. The van der Waals surface area contributed by atoms with Gasteiger partial charge in [-0.2, -0.15) is 0 Å². The Hall–Kier alpha value is -2.14. The van der Waals surface area contributed by atoms with Crippen LogP contribution in [0.25, 0.3) is 0 Å². The van der Waals surface area contributed by atoms with E-state index in [1.807, 2.05) is 12.1 Å². The Kier molecular flexibility index (Phi) is 4.76. The number of carbonyl (C=O) groups is 1. The van der Waals surface area contributed by atoms with Crippen molar-refractivity contribution in [2.24, 2.45) is 0 Å². The van der Waals surface area contributed by atoms with Crippen LogP contribution in [0.1, 0.15) is 12.0 Å². The Bertz CT molecular complexity index is 695. The number of anilines is 1. The lowest BCUT2D eigenvalue weighted by atomic mass is 10.2. The molecule has 1 saturated heterocycles. The van der Waals surface area contributed by atoms with E-state index in [0.717, 1.165) is 24.2 Å². The molecule has 1 aliphatic heterocycles. The Morgan fingerprint density at radius 3 is 3.04 bits per heavy atom. The SMILES string of the molecule is O=C(Cc1cccnc1)N[C@@H]1CCN(c2ccc(Cl)c(F)c2)C1. The normalized spacial score (nSPS) is 17.3. The average molecular weight is 334 g/mol. The second-order valence-electron chi connectivity index (χ2n) is 5.64. The molecular formula is C17H17ClFN3O. The molecule has 1 amide bonds. The summed E-state index contributed by atoms with van der Waals surface area (Å²) >= 11 is 5.71. The predicted molar refractivity (Wildman–Crippen MR) is 88.1 cm³/mol. The molecule has 1 N–H and O–H groups in total. The lowest BCUT2D eigenvalue weighted by Gasteiger charge is -2.19. The Morgan fingerprint density at radius 1 is 1.43 bits per heavy atom. The summed E-state index contributed by atoms with van der Waals surface area (Å²) in [7, 11) is 0. The van der Waals surface area contributed by atoms with Crippen LogP contribution in [0, 0.1) is 5.82 Å². The lowest BCUT2D eigenvalue weighted by molar-refractivity contribution is -0.121. The lowest BCUT2D eigenvalue weighted by Crippen LogP contribution is -2.38. The Balaban J connectivity index is 1.55. The van der Waals surface area contributed by atoms with Crippen LogP contribution in [-0.2, 0) is 11.2 Å². The molecule has 0 saturated carbocycles. The molecule has 3 rings (SSSR count). The van der Waals surface area contributed by atoms with Gasteiger partial charge in [0, 0.05) is 37.2 Å². The fourth-order valence-electron chi connectivity index (χ4n) is 2.76. The molecule has 23 heavy (non-hydrogen) atoms. The third-order valence-electron chi connectivity index (χ3n) is 3.91. The first-order chi connectivity index (χ1) is 11.1. The predicted octanol–water partition coefficient (Wildman–Crippen LogP) is 2.81. The van der Waals surface area contributed by atoms with Crippen molar-refractivity contribution in [3.8, 4) is 0 Å². The van der Waals surface area contributed by atoms with E-state index in [2.05, 4.69) is 15.2 Å². The van der Waals surface area contributed by atoms with Gasteiger partial charge in [-0.15, -0.1) is 0 Å². The summed E-state index contributed by atoms with van der Waals surface area (Å²) in [6, 6.07) is 8.55. The molecule has 2 heterocycles. The number of pyridine rings is 1.